The number of hydrogen-bond donors (Lipinski definition) is 0. The molecule has 0 nitrogen and oxygen atoms in total. The lowest BCUT2D eigenvalue weighted by molar-refractivity contribution is 0.739. The van der Waals surface area contributed by atoms with E-state index in [1.165, 1.54) is 10.8 Å². The van der Waals surface area contributed by atoms with Crippen molar-refractivity contribution in [3.05, 3.63) is 0 Å². The van der Waals surface area contributed by atoms with Crippen molar-refractivity contribution in [2.75, 3.05) is 4.43 Å². The van der Waals surface area contributed by atoms with E-state index in [9.17, 15) is 0 Å². The molecule has 1 unspecified atom stereocenters. The molecule has 0 saturated heterocycles. The molecule has 0 fully saturated rings. The second-order valence-electron chi connectivity index (χ2n) is 1.90. The molecule has 2 heteroatoms. The second kappa shape index (κ2) is 3.48. The molecule has 0 heterocycles. The van der Waals surface area contributed by atoms with Gasteiger partial charge in [0.2, 0.25) is 0 Å². The van der Waals surface area contributed by atoms with E-state index < -0.39 is 0 Å². The van der Waals surface area contributed by atoms with Crippen LogP contribution >= 0.6 is 45.2 Å². The summed E-state index contributed by atoms with van der Waals surface area (Å²) in [5.74, 6) is 0. The smallest absolute Gasteiger partial charge is 0.0280 e. The summed E-state index contributed by atoms with van der Waals surface area (Å²) in [6.45, 7) is 4.51. The van der Waals surface area contributed by atoms with Gasteiger partial charge in [-0.1, -0.05) is 52.1 Å². The highest BCUT2D eigenvalue weighted by atomic mass is 127. The summed E-state index contributed by atoms with van der Waals surface area (Å²) < 4.78 is 1.79. The third-order valence-corrected chi connectivity index (χ3v) is 5.30. The van der Waals surface area contributed by atoms with Gasteiger partial charge in [-0.05, 0) is 13.3 Å². The van der Waals surface area contributed by atoms with E-state index in [0.29, 0.717) is 3.42 Å². The third-order valence-electron chi connectivity index (χ3n) is 1.02. The molecule has 0 aromatic heterocycles. The van der Waals surface area contributed by atoms with Gasteiger partial charge in [0.15, 0.2) is 0 Å². The maximum Gasteiger partial charge on any atom is 0.0280 e. The number of hydrogen-bond acceptors (Lipinski definition) is 0. The predicted octanol–water partition coefficient (Wildman–Crippen LogP) is 3.03. The number of alkyl halides is 2. The van der Waals surface area contributed by atoms with Crippen LogP contribution in [0.4, 0.5) is 0 Å². The minimum atomic E-state index is 0.540. The molecule has 0 N–H and O–H groups in total. The standard InChI is InChI=1S/C5H10I2/c1-3-5(2,7)4-6/h3-4H2,1-2H3. The Balaban J connectivity index is 3.36. The minimum absolute atomic E-state index is 0.540. The molecule has 0 aromatic rings. The third kappa shape index (κ3) is 4.00. The summed E-state index contributed by atoms with van der Waals surface area (Å²) in [5.41, 5.74) is 0. The maximum atomic E-state index is 2.50. The Hall–Kier alpha value is 1.46. The highest BCUT2D eigenvalue weighted by Gasteiger charge is 2.13. The molecule has 0 aliphatic rings. The summed E-state index contributed by atoms with van der Waals surface area (Å²) in [5, 5.41) is 0. The van der Waals surface area contributed by atoms with Gasteiger partial charge in [0, 0.05) is 7.85 Å². The molecule has 0 spiro atoms. The number of rotatable bonds is 2. The molecule has 0 radical (unpaired) electrons. The Morgan fingerprint density at radius 1 is 1.57 bits per heavy atom. The summed E-state index contributed by atoms with van der Waals surface area (Å²) in [4.78, 5) is 0. The summed E-state index contributed by atoms with van der Waals surface area (Å²) >= 11 is 4.92. The van der Waals surface area contributed by atoms with Crippen molar-refractivity contribution in [3.8, 4) is 0 Å². The lowest BCUT2D eigenvalue weighted by Crippen LogP contribution is -2.14. The fourth-order valence-electron chi connectivity index (χ4n) is 0.0945. The van der Waals surface area contributed by atoms with Gasteiger partial charge in [-0.2, -0.15) is 0 Å². The van der Waals surface area contributed by atoms with Gasteiger partial charge in [0.1, 0.15) is 0 Å². The zero-order valence-corrected chi connectivity index (χ0v) is 8.99. The Kier molecular flexibility index (Phi) is 4.20. The molecule has 0 saturated carbocycles. The Morgan fingerprint density at radius 3 is 2.00 bits per heavy atom. The lowest BCUT2D eigenvalue weighted by atomic mass is 10.2. The van der Waals surface area contributed by atoms with Crippen LogP contribution in [-0.4, -0.2) is 7.85 Å². The normalized spacial score (nSPS) is 18.9. The monoisotopic (exact) mass is 324 g/mol. The van der Waals surface area contributed by atoms with E-state index >= 15 is 0 Å². The highest BCUT2D eigenvalue weighted by molar-refractivity contribution is 14.1. The van der Waals surface area contributed by atoms with Gasteiger partial charge in [0.05, 0.1) is 0 Å². The quantitative estimate of drug-likeness (QED) is 0.541. The first-order chi connectivity index (χ1) is 3.12. The fourth-order valence-corrected chi connectivity index (χ4v) is 0.634. The van der Waals surface area contributed by atoms with Gasteiger partial charge in [-0.25, -0.2) is 0 Å². The first-order valence-electron chi connectivity index (χ1n) is 2.37. The molecule has 0 bridgehead atoms. The molecular weight excluding hydrogens is 314 g/mol. The molecule has 0 rings (SSSR count). The van der Waals surface area contributed by atoms with Crippen LogP contribution < -0.4 is 0 Å². The van der Waals surface area contributed by atoms with Gasteiger partial charge < -0.3 is 0 Å². The zero-order valence-electron chi connectivity index (χ0n) is 4.67. The van der Waals surface area contributed by atoms with Gasteiger partial charge in [0.25, 0.3) is 0 Å². The van der Waals surface area contributed by atoms with Crippen LogP contribution in [0.25, 0.3) is 0 Å². The SMILES string of the molecule is CCC(C)(I)CI. The van der Waals surface area contributed by atoms with E-state index in [1.54, 1.807) is 0 Å². The van der Waals surface area contributed by atoms with Crippen molar-refractivity contribution < 1.29 is 0 Å². The topological polar surface area (TPSA) is 0 Å². The average molecular weight is 324 g/mol. The van der Waals surface area contributed by atoms with Crippen molar-refractivity contribution >= 4 is 45.2 Å². The van der Waals surface area contributed by atoms with Crippen molar-refractivity contribution in [1.82, 2.24) is 0 Å². The molecule has 0 aromatic carbocycles. The van der Waals surface area contributed by atoms with Crippen LogP contribution in [0, 0.1) is 0 Å². The molecule has 0 amide bonds. The van der Waals surface area contributed by atoms with Gasteiger partial charge >= 0.3 is 0 Å². The van der Waals surface area contributed by atoms with Crippen molar-refractivity contribution in [3.63, 3.8) is 0 Å². The number of halogens is 2. The molecular formula is C5H10I2. The van der Waals surface area contributed by atoms with E-state index in [1.807, 2.05) is 0 Å². The fraction of sp³-hybridized carbons (Fsp3) is 1.00. The summed E-state index contributed by atoms with van der Waals surface area (Å²) in [6, 6.07) is 0. The first-order valence-corrected chi connectivity index (χ1v) is 4.97. The minimum Gasteiger partial charge on any atom is -0.0849 e. The van der Waals surface area contributed by atoms with E-state index in [2.05, 4.69) is 59.0 Å². The first kappa shape index (κ1) is 8.46. The maximum absolute atomic E-state index is 2.50. The van der Waals surface area contributed by atoms with Gasteiger partial charge in [-0.3, -0.25) is 0 Å². The van der Waals surface area contributed by atoms with Crippen LogP contribution in [0.1, 0.15) is 20.3 Å². The zero-order chi connectivity index (χ0) is 5.91. The van der Waals surface area contributed by atoms with Crippen LogP contribution in [0.5, 0.6) is 0 Å². The molecule has 0 aliphatic carbocycles. The second-order valence-corrected chi connectivity index (χ2v) is 5.27. The molecule has 44 valence electrons. The average Bonchev–Trinajstić information content (AvgIpc) is 1.68. The Bertz CT molecular complexity index is 44.0. The van der Waals surface area contributed by atoms with Crippen molar-refractivity contribution in [1.29, 1.82) is 0 Å². The lowest BCUT2D eigenvalue weighted by Gasteiger charge is -2.14. The van der Waals surface area contributed by atoms with Gasteiger partial charge in [-0.15, -0.1) is 0 Å². The summed E-state index contributed by atoms with van der Waals surface area (Å²) in [7, 11) is 0. The van der Waals surface area contributed by atoms with Crippen molar-refractivity contribution in [2.45, 2.75) is 23.7 Å². The Morgan fingerprint density at radius 2 is 2.00 bits per heavy atom. The largest absolute Gasteiger partial charge is 0.0849 e. The Labute approximate surface area is 72.7 Å². The molecule has 7 heavy (non-hydrogen) atoms. The predicted molar refractivity (Wildman–Crippen MR) is 51.6 cm³/mol. The molecule has 0 aliphatic heterocycles. The highest BCUT2D eigenvalue weighted by Crippen LogP contribution is 2.23. The van der Waals surface area contributed by atoms with Crippen LogP contribution in [0.15, 0.2) is 0 Å². The van der Waals surface area contributed by atoms with E-state index in [4.69, 9.17) is 0 Å². The van der Waals surface area contributed by atoms with Crippen LogP contribution in [0.2, 0.25) is 0 Å². The summed E-state index contributed by atoms with van der Waals surface area (Å²) in [6.07, 6.45) is 1.27. The van der Waals surface area contributed by atoms with E-state index in [-0.39, 0.29) is 0 Å². The molecule has 1 atom stereocenters. The van der Waals surface area contributed by atoms with Crippen LogP contribution in [-0.2, 0) is 0 Å². The van der Waals surface area contributed by atoms with Crippen molar-refractivity contribution in [2.24, 2.45) is 0 Å². The van der Waals surface area contributed by atoms with Crippen LogP contribution in [0.3, 0.4) is 0 Å². The van der Waals surface area contributed by atoms with E-state index in [0.717, 1.165) is 0 Å².